The van der Waals surface area contributed by atoms with E-state index in [4.69, 9.17) is 0 Å². The molecule has 1 aromatic rings. The molecule has 1 fully saturated rings. The van der Waals surface area contributed by atoms with E-state index in [1.807, 2.05) is 24.4 Å². The number of likely N-dealkylation sites (tertiary alicyclic amines) is 1. The lowest BCUT2D eigenvalue weighted by atomic mass is 9.99. The van der Waals surface area contributed by atoms with Gasteiger partial charge in [-0.2, -0.15) is 0 Å². The number of piperidine rings is 1. The van der Waals surface area contributed by atoms with E-state index in [0.717, 1.165) is 24.7 Å². The van der Waals surface area contributed by atoms with Gasteiger partial charge in [-0.25, -0.2) is 4.99 Å². The number of hydrogen-bond donors (Lipinski definition) is 2. The molecular weight excluding hydrogens is 389 g/mol. The van der Waals surface area contributed by atoms with Crippen molar-refractivity contribution in [3.05, 3.63) is 30.1 Å². The Balaban J connectivity index is 0.00000242. The van der Waals surface area contributed by atoms with Gasteiger partial charge in [0.15, 0.2) is 5.96 Å². The number of nitrogens with one attached hydrogen (secondary N) is 2. The number of guanidine groups is 1. The highest BCUT2D eigenvalue weighted by atomic mass is 127. The van der Waals surface area contributed by atoms with Gasteiger partial charge in [0, 0.05) is 25.8 Å². The maximum Gasteiger partial charge on any atom is 0.191 e. The number of aromatic nitrogens is 1. The van der Waals surface area contributed by atoms with Crippen LogP contribution in [0.15, 0.2) is 29.4 Å². The standard InChI is InChI=1S/C16H27N5.HI/c1-3-17-16(20-12-15-8-4-5-9-18-15)19-11-14-7-6-10-21(2)13-14;/h4-5,8-9,14H,3,6-7,10-13H2,1-2H3,(H2,17,19,20);1H. The van der Waals surface area contributed by atoms with Crippen LogP contribution in [-0.2, 0) is 6.54 Å². The highest BCUT2D eigenvalue weighted by Crippen LogP contribution is 2.13. The smallest absolute Gasteiger partial charge is 0.191 e. The van der Waals surface area contributed by atoms with Crippen LogP contribution >= 0.6 is 24.0 Å². The second-order valence-corrected chi connectivity index (χ2v) is 5.67. The fourth-order valence-corrected chi connectivity index (χ4v) is 2.67. The number of halogens is 1. The van der Waals surface area contributed by atoms with Gasteiger partial charge in [0.05, 0.1) is 12.2 Å². The summed E-state index contributed by atoms with van der Waals surface area (Å²) >= 11 is 0. The van der Waals surface area contributed by atoms with Crippen LogP contribution in [0, 0.1) is 5.92 Å². The van der Waals surface area contributed by atoms with E-state index in [-0.39, 0.29) is 24.0 Å². The third-order valence-corrected chi connectivity index (χ3v) is 3.75. The Morgan fingerprint density at radius 3 is 2.95 bits per heavy atom. The zero-order valence-corrected chi connectivity index (χ0v) is 15.9. The molecule has 1 atom stereocenters. The van der Waals surface area contributed by atoms with Crippen LogP contribution in [0.5, 0.6) is 0 Å². The van der Waals surface area contributed by atoms with Crippen LogP contribution in [0.1, 0.15) is 25.5 Å². The number of nitrogens with zero attached hydrogens (tertiary/aromatic N) is 3. The van der Waals surface area contributed by atoms with Crippen molar-refractivity contribution in [1.82, 2.24) is 20.5 Å². The van der Waals surface area contributed by atoms with Gasteiger partial charge in [0.25, 0.3) is 0 Å². The van der Waals surface area contributed by atoms with Crippen molar-refractivity contribution >= 4 is 29.9 Å². The molecule has 0 bridgehead atoms. The van der Waals surface area contributed by atoms with E-state index in [0.29, 0.717) is 12.5 Å². The summed E-state index contributed by atoms with van der Waals surface area (Å²) in [4.78, 5) is 11.3. The van der Waals surface area contributed by atoms with Crippen LogP contribution < -0.4 is 10.6 Å². The molecule has 6 heteroatoms. The molecule has 2 N–H and O–H groups in total. The Kier molecular flexibility index (Phi) is 9.38. The predicted molar refractivity (Wildman–Crippen MR) is 103 cm³/mol. The SMILES string of the molecule is CCNC(=NCc1ccccn1)NCC1CCCN(C)C1.I. The maximum atomic E-state index is 4.61. The molecule has 2 rings (SSSR count). The van der Waals surface area contributed by atoms with Gasteiger partial charge >= 0.3 is 0 Å². The number of rotatable bonds is 5. The van der Waals surface area contributed by atoms with Gasteiger partial charge in [0.2, 0.25) is 0 Å². The summed E-state index contributed by atoms with van der Waals surface area (Å²) in [5.41, 5.74) is 0.993. The van der Waals surface area contributed by atoms with Crippen molar-refractivity contribution in [3.8, 4) is 0 Å². The van der Waals surface area contributed by atoms with Crippen molar-refractivity contribution in [2.75, 3.05) is 33.2 Å². The van der Waals surface area contributed by atoms with E-state index in [9.17, 15) is 0 Å². The molecule has 2 heterocycles. The molecule has 0 radical (unpaired) electrons. The average Bonchev–Trinajstić information content (AvgIpc) is 2.51. The second kappa shape index (κ2) is 10.8. The summed E-state index contributed by atoms with van der Waals surface area (Å²) in [5, 5.41) is 6.77. The fourth-order valence-electron chi connectivity index (χ4n) is 2.67. The minimum atomic E-state index is 0. The van der Waals surface area contributed by atoms with E-state index in [1.165, 1.54) is 25.9 Å². The molecule has 124 valence electrons. The minimum absolute atomic E-state index is 0. The zero-order chi connectivity index (χ0) is 14.9. The van der Waals surface area contributed by atoms with Crippen LogP contribution in [0.3, 0.4) is 0 Å². The first-order valence-electron chi connectivity index (χ1n) is 7.88. The Morgan fingerprint density at radius 2 is 2.27 bits per heavy atom. The van der Waals surface area contributed by atoms with E-state index in [1.54, 1.807) is 0 Å². The summed E-state index contributed by atoms with van der Waals surface area (Å²) in [7, 11) is 2.20. The quantitative estimate of drug-likeness (QED) is 0.438. The third kappa shape index (κ3) is 6.91. The van der Waals surface area contributed by atoms with Crippen molar-refractivity contribution in [2.45, 2.75) is 26.3 Å². The highest BCUT2D eigenvalue weighted by Gasteiger charge is 2.17. The van der Waals surface area contributed by atoms with Crippen LogP contribution in [0.25, 0.3) is 0 Å². The summed E-state index contributed by atoms with van der Waals surface area (Å²) in [6, 6.07) is 5.93. The molecule has 1 aliphatic heterocycles. The lowest BCUT2D eigenvalue weighted by Crippen LogP contribution is -2.43. The third-order valence-electron chi connectivity index (χ3n) is 3.75. The van der Waals surface area contributed by atoms with Gasteiger partial charge in [-0.3, -0.25) is 4.98 Å². The first-order valence-corrected chi connectivity index (χ1v) is 7.88. The Bertz CT molecular complexity index is 437. The lowest BCUT2D eigenvalue weighted by Gasteiger charge is -2.30. The minimum Gasteiger partial charge on any atom is -0.357 e. The molecule has 0 amide bonds. The normalized spacial score (nSPS) is 19.4. The Hall–Kier alpha value is -0.890. The van der Waals surface area contributed by atoms with Crippen LogP contribution in [-0.4, -0.2) is 49.1 Å². The molecule has 0 aliphatic carbocycles. The molecular formula is C16H28IN5. The summed E-state index contributed by atoms with van der Waals surface area (Å²) in [6.45, 7) is 6.96. The Labute approximate surface area is 151 Å². The molecule has 0 saturated carbocycles. The summed E-state index contributed by atoms with van der Waals surface area (Å²) in [6.07, 6.45) is 4.41. The topological polar surface area (TPSA) is 52.6 Å². The van der Waals surface area contributed by atoms with Gasteiger partial charge in [0.1, 0.15) is 0 Å². The van der Waals surface area contributed by atoms with Crippen molar-refractivity contribution in [3.63, 3.8) is 0 Å². The zero-order valence-electron chi connectivity index (χ0n) is 13.6. The van der Waals surface area contributed by atoms with Gasteiger partial charge in [-0.05, 0) is 51.4 Å². The van der Waals surface area contributed by atoms with Crippen LogP contribution in [0.2, 0.25) is 0 Å². The van der Waals surface area contributed by atoms with E-state index < -0.39 is 0 Å². The van der Waals surface area contributed by atoms with Crippen LogP contribution in [0.4, 0.5) is 0 Å². The van der Waals surface area contributed by atoms with Crippen molar-refractivity contribution in [1.29, 1.82) is 0 Å². The van der Waals surface area contributed by atoms with Crippen molar-refractivity contribution in [2.24, 2.45) is 10.9 Å². The molecule has 1 aromatic heterocycles. The second-order valence-electron chi connectivity index (χ2n) is 5.67. The molecule has 0 spiro atoms. The van der Waals surface area contributed by atoms with Gasteiger partial charge in [-0.15, -0.1) is 24.0 Å². The summed E-state index contributed by atoms with van der Waals surface area (Å²) in [5.74, 6) is 1.60. The molecule has 22 heavy (non-hydrogen) atoms. The molecule has 1 unspecified atom stereocenters. The predicted octanol–water partition coefficient (Wildman–Crippen LogP) is 2.10. The first kappa shape index (κ1) is 19.2. The van der Waals surface area contributed by atoms with Gasteiger partial charge in [-0.1, -0.05) is 6.07 Å². The molecule has 1 aliphatic rings. The molecule has 5 nitrogen and oxygen atoms in total. The van der Waals surface area contributed by atoms with E-state index in [2.05, 4.69) is 39.5 Å². The maximum absolute atomic E-state index is 4.61. The largest absolute Gasteiger partial charge is 0.357 e. The van der Waals surface area contributed by atoms with Gasteiger partial charge < -0.3 is 15.5 Å². The average molecular weight is 417 g/mol. The van der Waals surface area contributed by atoms with Crippen molar-refractivity contribution < 1.29 is 0 Å². The van der Waals surface area contributed by atoms with E-state index >= 15 is 0 Å². The molecule has 1 saturated heterocycles. The Morgan fingerprint density at radius 1 is 1.41 bits per heavy atom. The fraction of sp³-hybridized carbons (Fsp3) is 0.625. The first-order chi connectivity index (χ1) is 10.3. The number of hydrogen-bond acceptors (Lipinski definition) is 3. The number of aliphatic imine (C=N–C) groups is 1. The summed E-state index contributed by atoms with van der Waals surface area (Å²) < 4.78 is 0. The monoisotopic (exact) mass is 417 g/mol. The number of pyridine rings is 1. The highest BCUT2D eigenvalue weighted by molar-refractivity contribution is 14.0. The molecule has 0 aromatic carbocycles. The lowest BCUT2D eigenvalue weighted by molar-refractivity contribution is 0.210.